The highest BCUT2D eigenvalue weighted by Crippen LogP contribution is 2.26. The molecule has 130 valence electrons. The van der Waals surface area contributed by atoms with Gasteiger partial charge in [0, 0.05) is 18.8 Å². The molecule has 4 rings (SSSR count). The molecule has 0 saturated carbocycles. The van der Waals surface area contributed by atoms with Gasteiger partial charge < -0.3 is 5.32 Å². The maximum absolute atomic E-state index is 12.5. The van der Waals surface area contributed by atoms with Crippen LogP contribution in [0.25, 0.3) is 21.1 Å². The van der Waals surface area contributed by atoms with Gasteiger partial charge in [-0.1, -0.05) is 18.2 Å². The number of nitrogens with zero attached hydrogens (tertiary/aromatic N) is 3. The first-order valence-corrected chi connectivity index (χ1v) is 8.63. The van der Waals surface area contributed by atoms with Gasteiger partial charge in [-0.15, -0.1) is 11.3 Å². The van der Waals surface area contributed by atoms with Crippen LogP contribution in [0.15, 0.2) is 52.2 Å². The molecule has 1 amide bonds. The molecular formula is C18H14N4O3S. The number of amides is 1. The van der Waals surface area contributed by atoms with Crippen molar-refractivity contribution < 1.29 is 4.79 Å². The molecule has 0 aliphatic carbocycles. The summed E-state index contributed by atoms with van der Waals surface area (Å²) >= 11 is 1.39. The normalized spacial score (nSPS) is 11.2. The number of benzene rings is 1. The maximum Gasteiger partial charge on any atom is 0.332 e. The largest absolute Gasteiger partial charge is 0.332 e. The Kier molecular flexibility index (Phi) is 3.69. The van der Waals surface area contributed by atoms with Crippen LogP contribution in [0.2, 0.25) is 0 Å². The summed E-state index contributed by atoms with van der Waals surface area (Å²) in [6, 6.07) is 11.1. The second-order valence-corrected chi connectivity index (χ2v) is 6.99. The third-order valence-electron chi connectivity index (χ3n) is 4.20. The lowest BCUT2D eigenvalue weighted by molar-refractivity contribution is 0.103. The molecular weight excluding hydrogens is 352 g/mol. The van der Waals surface area contributed by atoms with Crippen molar-refractivity contribution in [3.8, 4) is 0 Å². The van der Waals surface area contributed by atoms with Crippen LogP contribution in [0, 0.1) is 0 Å². The van der Waals surface area contributed by atoms with Gasteiger partial charge in [0.1, 0.15) is 5.65 Å². The zero-order chi connectivity index (χ0) is 18.4. The Morgan fingerprint density at radius 2 is 1.88 bits per heavy atom. The number of hydrogen-bond acceptors (Lipinski definition) is 5. The minimum absolute atomic E-state index is 0.267. The van der Waals surface area contributed by atoms with Gasteiger partial charge in [-0.3, -0.25) is 18.7 Å². The Morgan fingerprint density at radius 3 is 2.65 bits per heavy atom. The molecule has 3 heterocycles. The van der Waals surface area contributed by atoms with Gasteiger partial charge in [-0.2, -0.15) is 0 Å². The van der Waals surface area contributed by atoms with Crippen LogP contribution >= 0.6 is 11.3 Å². The minimum Gasteiger partial charge on any atom is -0.320 e. The fraction of sp³-hybridized carbons (Fsp3) is 0.111. The van der Waals surface area contributed by atoms with E-state index in [1.807, 2.05) is 30.3 Å². The maximum atomic E-state index is 12.5. The van der Waals surface area contributed by atoms with Crippen molar-refractivity contribution in [2.75, 3.05) is 5.32 Å². The summed E-state index contributed by atoms with van der Waals surface area (Å²) < 4.78 is 3.34. The number of fused-ring (bicyclic) bond motifs is 2. The first-order chi connectivity index (χ1) is 12.5. The lowest BCUT2D eigenvalue weighted by atomic mass is 10.2. The van der Waals surface area contributed by atoms with Crippen molar-refractivity contribution in [2.24, 2.45) is 14.1 Å². The second-order valence-electron chi connectivity index (χ2n) is 5.90. The van der Waals surface area contributed by atoms with Crippen molar-refractivity contribution in [3.63, 3.8) is 0 Å². The standard InChI is InChI=1S/C18H14N4O3S/c1-21-15-12(17(24)22(2)18(21)25)8-11(9-19-15)20-16(23)14-7-10-5-3-4-6-13(10)26-14/h3-9H,1-2H3,(H,20,23). The number of aryl methyl sites for hydroxylation is 1. The molecule has 8 heteroatoms. The summed E-state index contributed by atoms with van der Waals surface area (Å²) in [5.41, 5.74) is -0.223. The van der Waals surface area contributed by atoms with E-state index in [-0.39, 0.29) is 16.9 Å². The first-order valence-electron chi connectivity index (χ1n) is 7.81. The van der Waals surface area contributed by atoms with E-state index in [2.05, 4.69) is 10.3 Å². The fourth-order valence-electron chi connectivity index (χ4n) is 2.82. The summed E-state index contributed by atoms with van der Waals surface area (Å²) in [6.07, 6.45) is 1.44. The molecule has 0 radical (unpaired) electrons. The predicted octanol–water partition coefficient (Wildman–Crippen LogP) is 2.10. The number of carbonyl (C=O) groups excluding carboxylic acids is 1. The third kappa shape index (κ3) is 2.51. The fourth-order valence-corrected chi connectivity index (χ4v) is 3.78. The van der Waals surface area contributed by atoms with E-state index >= 15 is 0 Å². The zero-order valence-corrected chi connectivity index (χ0v) is 14.8. The zero-order valence-electron chi connectivity index (χ0n) is 14.0. The van der Waals surface area contributed by atoms with Gasteiger partial charge >= 0.3 is 5.69 Å². The van der Waals surface area contributed by atoms with Crippen LogP contribution in [0.5, 0.6) is 0 Å². The lowest BCUT2D eigenvalue weighted by Gasteiger charge is -2.08. The highest BCUT2D eigenvalue weighted by molar-refractivity contribution is 7.20. The quantitative estimate of drug-likeness (QED) is 0.589. The molecule has 3 aromatic heterocycles. The van der Waals surface area contributed by atoms with E-state index in [9.17, 15) is 14.4 Å². The minimum atomic E-state index is -0.450. The number of aromatic nitrogens is 3. The molecule has 7 nitrogen and oxygen atoms in total. The van der Waals surface area contributed by atoms with Crippen LogP contribution < -0.4 is 16.6 Å². The summed E-state index contributed by atoms with van der Waals surface area (Å²) in [6.45, 7) is 0. The van der Waals surface area contributed by atoms with Gasteiger partial charge in [0.15, 0.2) is 0 Å². The van der Waals surface area contributed by atoms with E-state index in [1.54, 1.807) is 7.05 Å². The van der Waals surface area contributed by atoms with Gasteiger partial charge in [0.2, 0.25) is 0 Å². The first kappa shape index (κ1) is 16.2. The van der Waals surface area contributed by atoms with Crippen molar-refractivity contribution in [3.05, 3.63) is 68.3 Å². The highest BCUT2D eigenvalue weighted by Gasteiger charge is 2.13. The molecule has 0 saturated heterocycles. The molecule has 0 aliphatic heterocycles. The Labute approximate surface area is 151 Å². The summed E-state index contributed by atoms with van der Waals surface area (Å²) in [5, 5.41) is 4.04. The average molecular weight is 366 g/mol. The SMILES string of the molecule is Cn1c(=O)c2cc(NC(=O)c3cc4ccccc4s3)cnc2n(C)c1=O. The molecule has 26 heavy (non-hydrogen) atoms. The molecule has 0 unspecified atom stereocenters. The molecule has 0 fully saturated rings. The van der Waals surface area contributed by atoms with Crippen LogP contribution in [0.4, 0.5) is 5.69 Å². The summed E-state index contributed by atoms with van der Waals surface area (Å²) in [7, 11) is 2.96. The molecule has 4 aromatic rings. The average Bonchev–Trinajstić information content (AvgIpc) is 3.09. The number of rotatable bonds is 2. The number of anilines is 1. The van der Waals surface area contributed by atoms with Crippen LogP contribution in [0.1, 0.15) is 9.67 Å². The van der Waals surface area contributed by atoms with Gasteiger partial charge in [-0.05, 0) is 23.6 Å². The smallest absolute Gasteiger partial charge is 0.320 e. The van der Waals surface area contributed by atoms with Crippen LogP contribution in [0.3, 0.4) is 0 Å². The Balaban J connectivity index is 1.74. The van der Waals surface area contributed by atoms with E-state index < -0.39 is 11.2 Å². The molecule has 1 aromatic carbocycles. The molecule has 0 aliphatic rings. The van der Waals surface area contributed by atoms with Crippen LogP contribution in [-0.4, -0.2) is 20.0 Å². The third-order valence-corrected chi connectivity index (χ3v) is 5.32. The molecule has 0 bridgehead atoms. The second kappa shape index (κ2) is 5.92. The number of nitrogens with one attached hydrogen (secondary N) is 1. The topological polar surface area (TPSA) is 86.0 Å². The number of carbonyl (C=O) groups is 1. The summed E-state index contributed by atoms with van der Waals surface area (Å²) in [5.74, 6) is -0.269. The van der Waals surface area contributed by atoms with E-state index in [4.69, 9.17) is 0 Å². The van der Waals surface area contributed by atoms with E-state index in [0.29, 0.717) is 10.6 Å². The van der Waals surface area contributed by atoms with Gasteiger partial charge in [-0.25, -0.2) is 9.78 Å². The van der Waals surface area contributed by atoms with E-state index in [1.165, 1.54) is 35.2 Å². The van der Waals surface area contributed by atoms with Crippen molar-refractivity contribution in [1.29, 1.82) is 0 Å². The predicted molar refractivity (Wildman–Crippen MR) is 102 cm³/mol. The highest BCUT2D eigenvalue weighted by atomic mass is 32.1. The Morgan fingerprint density at radius 1 is 1.12 bits per heavy atom. The number of hydrogen-bond donors (Lipinski definition) is 1. The Bertz CT molecular complexity index is 1270. The number of thiophene rings is 1. The monoisotopic (exact) mass is 366 g/mol. The van der Waals surface area contributed by atoms with Gasteiger partial charge in [0.25, 0.3) is 11.5 Å². The van der Waals surface area contributed by atoms with Crippen molar-refractivity contribution in [2.45, 2.75) is 0 Å². The van der Waals surface area contributed by atoms with Gasteiger partial charge in [0.05, 0.1) is 22.1 Å². The lowest BCUT2D eigenvalue weighted by Crippen LogP contribution is -2.37. The van der Waals surface area contributed by atoms with Crippen molar-refractivity contribution >= 4 is 44.1 Å². The Hall–Kier alpha value is -3.26. The summed E-state index contributed by atoms with van der Waals surface area (Å²) in [4.78, 5) is 41.5. The number of pyridine rings is 1. The van der Waals surface area contributed by atoms with E-state index in [0.717, 1.165) is 14.7 Å². The van der Waals surface area contributed by atoms with Crippen molar-refractivity contribution in [1.82, 2.24) is 14.1 Å². The molecule has 0 spiro atoms. The van der Waals surface area contributed by atoms with Crippen LogP contribution in [-0.2, 0) is 14.1 Å². The molecule has 0 atom stereocenters. The molecule has 1 N–H and O–H groups in total.